The summed E-state index contributed by atoms with van der Waals surface area (Å²) in [6.07, 6.45) is 9.73. The summed E-state index contributed by atoms with van der Waals surface area (Å²) >= 11 is 0. The molecule has 4 heterocycles. The van der Waals surface area contributed by atoms with Crippen LogP contribution in [0.3, 0.4) is 0 Å². The second-order valence-corrected chi connectivity index (χ2v) is 7.05. The second-order valence-electron chi connectivity index (χ2n) is 7.05. The van der Waals surface area contributed by atoms with Gasteiger partial charge in [-0.25, -0.2) is 9.97 Å². The van der Waals surface area contributed by atoms with Gasteiger partial charge in [-0.05, 0) is 50.1 Å². The van der Waals surface area contributed by atoms with Gasteiger partial charge in [0.05, 0.1) is 11.9 Å². The van der Waals surface area contributed by atoms with E-state index >= 15 is 0 Å². The molecule has 1 fully saturated rings. The lowest BCUT2D eigenvalue weighted by Crippen LogP contribution is -2.34. The number of aryl methyl sites for hydroxylation is 1. The van der Waals surface area contributed by atoms with Crippen LogP contribution in [-0.2, 0) is 6.54 Å². The van der Waals surface area contributed by atoms with Gasteiger partial charge in [0.25, 0.3) is 0 Å². The smallest absolute Gasteiger partial charge is 0.150 e. The van der Waals surface area contributed by atoms with Crippen LogP contribution in [0.5, 0.6) is 0 Å². The van der Waals surface area contributed by atoms with Gasteiger partial charge < -0.3 is 5.32 Å². The Hall–Kier alpha value is -2.86. The number of aromatic nitrogens is 4. The summed E-state index contributed by atoms with van der Waals surface area (Å²) in [6.45, 7) is 5.02. The van der Waals surface area contributed by atoms with E-state index in [1.54, 1.807) is 6.20 Å². The van der Waals surface area contributed by atoms with Crippen molar-refractivity contribution in [3.63, 3.8) is 0 Å². The van der Waals surface area contributed by atoms with Crippen molar-refractivity contribution in [2.24, 2.45) is 0 Å². The lowest BCUT2D eigenvalue weighted by Gasteiger charge is -2.32. The number of pyridine rings is 2. The molecule has 6 heteroatoms. The third kappa shape index (κ3) is 4.65. The predicted octanol–water partition coefficient (Wildman–Crippen LogP) is 3.70. The highest BCUT2D eigenvalue weighted by molar-refractivity contribution is 5.50. The summed E-state index contributed by atoms with van der Waals surface area (Å²) in [4.78, 5) is 20.4. The van der Waals surface area contributed by atoms with Crippen molar-refractivity contribution in [2.75, 3.05) is 18.4 Å². The van der Waals surface area contributed by atoms with Crippen molar-refractivity contribution >= 4 is 11.6 Å². The van der Waals surface area contributed by atoms with Gasteiger partial charge in [-0.2, -0.15) is 0 Å². The highest BCUT2D eigenvalue weighted by Crippen LogP contribution is 2.27. The van der Waals surface area contributed by atoms with Crippen LogP contribution in [0.15, 0.2) is 55.1 Å². The Labute approximate surface area is 159 Å². The maximum absolute atomic E-state index is 4.81. The molecule has 0 aliphatic carbocycles. The van der Waals surface area contributed by atoms with Crippen LogP contribution >= 0.6 is 0 Å². The molecule has 0 unspecified atom stereocenters. The Balaban J connectivity index is 1.44. The highest BCUT2D eigenvalue weighted by atomic mass is 15.1. The third-order valence-corrected chi connectivity index (χ3v) is 4.85. The fourth-order valence-corrected chi connectivity index (χ4v) is 3.57. The van der Waals surface area contributed by atoms with Crippen LogP contribution in [0.4, 0.5) is 11.6 Å². The van der Waals surface area contributed by atoms with Gasteiger partial charge in [0.1, 0.15) is 11.6 Å². The Kier molecular flexibility index (Phi) is 5.34. The minimum absolute atomic E-state index is 0.398. The third-order valence-electron chi connectivity index (χ3n) is 4.85. The molecule has 1 saturated heterocycles. The summed E-state index contributed by atoms with van der Waals surface area (Å²) in [5.74, 6) is 1.94. The predicted molar refractivity (Wildman–Crippen MR) is 106 cm³/mol. The van der Waals surface area contributed by atoms with Gasteiger partial charge in [-0.15, -0.1) is 0 Å². The molecule has 0 aromatic carbocycles. The van der Waals surface area contributed by atoms with E-state index in [1.165, 1.54) is 12.0 Å². The van der Waals surface area contributed by atoms with E-state index in [4.69, 9.17) is 4.98 Å². The van der Waals surface area contributed by atoms with Crippen LogP contribution in [0.1, 0.15) is 35.7 Å². The van der Waals surface area contributed by atoms with Crippen LogP contribution in [0.2, 0.25) is 0 Å². The van der Waals surface area contributed by atoms with Crippen LogP contribution in [0.25, 0.3) is 0 Å². The summed E-state index contributed by atoms with van der Waals surface area (Å²) in [5, 5.41) is 3.27. The number of nitrogens with zero attached hydrogens (tertiary/aromatic N) is 5. The average molecular weight is 360 g/mol. The molecule has 3 aromatic rings. The van der Waals surface area contributed by atoms with Gasteiger partial charge in [0.15, 0.2) is 0 Å². The fourth-order valence-electron chi connectivity index (χ4n) is 3.57. The fraction of sp³-hybridized carbons (Fsp3) is 0.333. The minimum Gasteiger partial charge on any atom is -0.324 e. The summed E-state index contributed by atoms with van der Waals surface area (Å²) in [7, 11) is 0. The molecule has 0 spiro atoms. The second kappa shape index (κ2) is 8.22. The van der Waals surface area contributed by atoms with Gasteiger partial charge in [0.2, 0.25) is 0 Å². The van der Waals surface area contributed by atoms with Gasteiger partial charge in [-0.1, -0.05) is 12.1 Å². The molecule has 1 atom stereocenters. The van der Waals surface area contributed by atoms with E-state index in [0.717, 1.165) is 49.1 Å². The maximum atomic E-state index is 4.81. The molecule has 0 amide bonds. The van der Waals surface area contributed by atoms with Crippen LogP contribution in [-0.4, -0.2) is 37.9 Å². The largest absolute Gasteiger partial charge is 0.324 e. The number of rotatable bonds is 5. The van der Waals surface area contributed by atoms with Crippen molar-refractivity contribution in [3.8, 4) is 0 Å². The standard InChI is InChI=1S/C21H24N6/c1-16-5-2-8-20(24-16)26-21-13-23-12-19(25-21)18-7-4-10-27(15-18)14-17-6-3-9-22-11-17/h2-3,5-6,8-9,11-13,18H,4,7,10,14-15H2,1H3,(H,24,25,26)/t18-/m1/s1. The van der Waals surface area contributed by atoms with Crippen molar-refractivity contribution in [1.29, 1.82) is 0 Å². The van der Waals surface area contributed by atoms with Crippen molar-refractivity contribution in [1.82, 2.24) is 24.8 Å². The normalized spacial score (nSPS) is 17.6. The molecule has 0 saturated carbocycles. The first-order chi connectivity index (χ1) is 13.3. The highest BCUT2D eigenvalue weighted by Gasteiger charge is 2.23. The van der Waals surface area contributed by atoms with E-state index in [1.807, 2.05) is 49.8 Å². The van der Waals surface area contributed by atoms with Crippen LogP contribution < -0.4 is 5.32 Å². The Bertz CT molecular complexity index is 883. The average Bonchev–Trinajstić information content (AvgIpc) is 2.69. The first-order valence-electron chi connectivity index (χ1n) is 9.40. The van der Waals surface area contributed by atoms with Crippen molar-refractivity contribution < 1.29 is 0 Å². The number of likely N-dealkylation sites (tertiary alicyclic amines) is 1. The molecule has 0 radical (unpaired) electrons. The quantitative estimate of drug-likeness (QED) is 0.748. The molecule has 1 aliphatic heterocycles. The van der Waals surface area contributed by atoms with Gasteiger partial charge in [0, 0.05) is 43.3 Å². The SMILES string of the molecule is Cc1cccc(Nc2cncc([C@@H]3CCCN(Cc4cccnc4)C3)n2)n1. The number of anilines is 2. The van der Waals surface area contributed by atoms with E-state index in [9.17, 15) is 0 Å². The van der Waals surface area contributed by atoms with E-state index < -0.39 is 0 Å². The first-order valence-corrected chi connectivity index (χ1v) is 9.40. The molecule has 138 valence electrons. The first kappa shape index (κ1) is 17.5. The van der Waals surface area contributed by atoms with Crippen molar-refractivity contribution in [3.05, 3.63) is 72.1 Å². The Morgan fingerprint density at radius 2 is 2.00 bits per heavy atom. The Morgan fingerprint density at radius 3 is 2.85 bits per heavy atom. The Morgan fingerprint density at radius 1 is 1.04 bits per heavy atom. The van der Waals surface area contributed by atoms with Gasteiger partial charge >= 0.3 is 0 Å². The molecule has 3 aromatic heterocycles. The molecule has 6 nitrogen and oxygen atoms in total. The topological polar surface area (TPSA) is 66.8 Å². The zero-order valence-corrected chi connectivity index (χ0v) is 15.5. The zero-order valence-electron chi connectivity index (χ0n) is 15.5. The minimum atomic E-state index is 0.398. The molecular formula is C21H24N6. The maximum Gasteiger partial charge on any atom is 0.150 e. The lowest BCUT2D eigenvalue weighted by molar-refractivity contribution is 0.198. The monoisotopic (exact) mass is 360 g/mol. The zero-order chi connectivity index (χ0) is 18.5. The number of hydrogen-bond donors (Lipinski definition) is 1. The van der Waals surface area contributed by atoms with E-state index in [2.05, 4.69) is 31.2 Å². The molecule has 1 N–H and O–H groups in total. The van der Waals surface area contributed by atoms with E-state index in [-0.39, 0.29) is 0 Å². The number of nitrogens with one attached hydrogen (secondary N) is 1. The molecule has 0 bridgehead atoms. The molecule has 1 aliphatic rings. The van der Waals surface area contributed by atoms with Gasteiger partial charge in [-0.3, -0.25) is 14.9 Å². The summed E-state index contributed by atoms with van der Waals surface area (Å²) in [6, 6.07) is 10.0. The number of hydrogen-bond acceptors (Lipinski definition) is 6. The lowest BCUT2D eigenvalue weighted by atomic mass is 9.94. The van der Waals surface area contributed by atoms with Crippen LogP contribution in [0, 0.1) is 6.92 Å². The number of piperidine rings is 1. The summed E-state index contributed by atoms with van der Waals surface area (Å²) in [5.41, 5.74) is 3.27. The van der Waals surface area contributed by atoms with Crippen molar-refractivity contribution in [2.45, 2.75) is 32.2 Å². The van der Waals surface area contributed by atoms with E-state index in [0.29, 0.717) is 5.92 Å². The molecule has 4 rings (SSSR count). The summed E-state index contributed by atoms with van der Waals surface area (Å²) < 4.78 is 0. The molecule has 27 heavy (non-hydrogen) atoms. The molecular weight excluding hydrogens is 336 g/mol.